The molecule has 0 spiro atoms. The molecule has 0 radical (unpaired) electrons. The summed E-state index contributed by atoms with van der Waals surface area (Å²) in [6.45, 7) is 10.0. The normalized spacial score (nSPS) is 16.5. The highest BCUT2D eigenvalue weighted by Gasteiger charge is 2.38. The van der Waals surface area contributed by atoms with Crippen LogP contribution in [0.2, 0.25) is 0 Å². The molecule has 0 saturated heterocycles. The molecule has 0 aliphatic carbocycles. The summed E-state index contributed by atoms with van der Waals surface area (Å²) in [5.74, 6) is -1.50. The second-order valence-corrected chi connectivity index (χ2v) is 7.16. The van der Waals surface area contributed by atoms with Crippen molar-refractivity contribution in [1.29, 1.82) is 0 Å². The first kappa shape index (κ1) is 22.4. The van der Waals surface area contributed by atoms with Gasteiger partial charge in [0, 0.05) is 13.0 Å². The zero-order valence-electron chi connectivity index (χ0n) is 15.9. The molecule has 140 valence electrons. The van der Waals surface area contributed by atoms with E-state index in [1.54, 1.807) is 27.7 Å². The Bertz CT molecular complexity index is 462. The molecule has 3 unspecified atom stereocenters. The molecule has 3 N–H and O–H groups in total. The molecule has 2 amide bonds. The Balaban J connectivity index is 4.90. The van der Waals surface area contributed by atoms with Crippen LogP contribution in [0, 0.1) is 11.3 Å². The van der Waals surface area contributed by atoms with Gasteiger partial charge in [0.2, 0.25) is 11.8 Å². The Kier molecular flexibility index (Phi) is 8.40. The fraction of sp³-hybridized carbons (Fsp3) is 0.824. The number of carbonyl (C=O) groups is 3. The van der Waals surface area contributed by atoms with Crippen molar-refractivity contribution in [3.8, 4) is 0 Å². The number of hydrogen-bond acceptors (Lipinski definition) is 5. The summed E-state index contributed by atoms with van der Waals surface area (Å²) in [4.78, 5) is 36.4. The molecule has 7 nitrogen and oxygen atoms in total. The summed E-state index contributed by atoms with van der Waals surface area (Å²) < 4.78 is 5.11. The molecule has 0 heterocycles. The summed E-state index contributed by atoms with van der Waals surface area (Å²) in [6.07, 6.45) is 0.0593. The minimum atomic E-state index is -1.03. The third kappa shape index (κ3) is 6.47. The van der Waals surface area contributed by atoms with E-state index in [4.69, 9.17) is 4.74 Å². The lowest BCUT2D eigenvalue weighted by atomic mass is 9.78. The van der Waals surface area contributed by atoms with Gasteiger partial charge >= 0.3 is 5.97 Å². The molecule has 7 heteroatoms. The molecule has 3 atom stereocenters. The lowest BCUT2D eigenvalue weighted by Gasteiger charge is -2.31. The molecule has 0 saturated carbocycles. The van der Waals surface area contributed by atoms with E-state index in [0.29, 0.717) is 6.42 Å². The molecule has 0 aliphatic rings. The number of likely N-dealkylation sites (N-methyl/N-ethyl adjacent to an activating group) is 1. The van der Waals surface area contributed by atoms with E-state index >= 15 is 0 Å². The van der Waals surface area contributed by atoms with Crippen LogP contribution in [-0.2, 0) is 19.1 Å². The Morgan fingerprint density at radius 1 is 1.17 bits per heavy atom. The summed E-state index contributed by atoms with van der Waals surface area (Å²) in [7, 11) is 1.51. The molecular weight excluding hydrogens is 312 g/mol. The molecule has 0 bridgehead atoms. The fourth-order valence-corrected chi connectivity index (χ4v) is 2.31. The van der Waals surface area contributed by atoms with Gasteiger partial charge < -0.3 is 20.5 Å². The zero-order valence-corrected chi connectivity index (χ0v) is 15.9. The summed E-state index contributed by atoms with van der Waals surface area (Å²) >= 11 is 0. The van der Waals surface area contributed by atoms with Crippen molar-refractivity contribution in [1.82, 2.24) is 10.6 Å². The van der Waals surface area contributed by atoms with Gasteiger partial charge in [-0.3, -0.25) is 14.4 Å². The van der Waals surface area contributed by atoms with Crippen molar-refractivity contribution >= 4 is 17.8 Å². The van der Waals surface area contributed by atoms with Gasteiger partial charge in [0.25, 0.3) is 0 Å². The lowest BCUT2D eigenvalue weighted by Crippen LogP contribution is -2.55. The molecular formula is C17H32N2O5. The van der Waals surface area contributed by atoms with E-state index in [-0.39, 0.29) is 24.8 Å². The van der Waals surface area contributed by atoms with Crippen LogP contribution < -0.4 is 10.6 Å². The van der Waals surface area contributed by atoms with E-state index in [1.165, 1.54) is 14.0 Å². The van der Waals surface area contributed by atoms with E-state index < -0.39 is 28.9 Å². The standard InChI is InChI=1S/C17H32N2O5/c1-8-17(6,15(23)24-10-12(3)20)9-11(2)13(21)19-16(4,5)14(22)18-7/h11-12,20H,8-10H2,1-7H3,(H,18,22)(H,19,21). The molecule has 0 aliphatic heterocycles. The summed E-state index contributed by atoms with van der Waals surface area (Å²) in [5, 5.41) is 14.4. The van der Waals surface area contributed by atoms with Crippen LogP contribution in [0.25, 0.3) is 0 Å². The highest BCUT2D eigenvalue weighted by Crippen LogP contribution is 2.31. The second-order valence-electron chi connectivity index (χ2n) is 7.16. The third-order valence-electron chi connectivity index (χ3n) is 4.16. The van der Waals surface area contributed by atoms with E-state index in [2.05, 4.69) is 10.6 Å². The monoisotopic (exact) mass is 344 g/mol. The topological polar surface area (TPSA) is 105 Å². The average molecular weight is 344 g/mol. The lowest BCUT2D eigenvalue weighted by molar-refractivity contribution is -0.159. The Morgan fingerprint density at radius 3 is 2.12 bits per heavy atom. The van der Waals surface area contributed by atoms with Crippen LogP contribution in [0.4, 0.5) is 0 Å². The minimum absolute atomic E-state index is 0.0707. The average Bonchev–Trinajstić information content (AvgIpc) is 2.50. The van der Waals surface area contributed by atoms with Crippen molar-refractivity contribution in [2.75, 3.05) is 13.7 Å². The number of amides is 2. The number of rotatable bonds is 9. The third-order valence-corrected chi connectivity index (χ3v) is 4.16. The van der Waals surface area contributed by atoms with Crippen LogP contribution in [0.3, 0.4) is 0 Å². The second kappa shape index (κ2) is 9.01. The van der Waals surface area contributed by atoms with Gasteiger partial charge in [-0.15, -0.1) is 0 Å². The first-order chi connectivity index (χ1) is 10.9. The SMILES string of the molecule is CCC(C)(CC(C)C(=O)NC(C)(C)C(=O)NC)C(=O)OCC(C)O. The Hall–Kier alpha value is -1.63. The van der Waals surface area contributed by atoms with Crippen molar-refractivity contribution < 1.29 is 24.2 Å². The highest BCUT2D eigenvalue weighted by molar-refractivity contribution is 5.91. The minimum Gasteiger partial charge on any atom is -0.463 e. The maximum absolute atomic E-state index is 12.4. The molecule has 0 aromatic carbocycles. The van der Waals surface area contributed by atoms with Crippen LogP contribution >= 0.6 is 0 Å². The number of esters is 1. The predicted molar refractivity (Wildman–Crippen MR) is 91.1 cm³/mol. The zero-order chi connectivity index (χ0) is 19.1. The van der Waals surface area contributed by atoms with Gasteiger partial charge in [-0.25, -0.2) is 0 Å². The maximum Gasteiger partial charge on any atom is 0.311 e. The van der Waals surface area contributed by atoms with Gasteiger partial charge in [-0.2, -0.15) is 0 Å². The molecule has 0 aromatic heterocycles. The van der Waals surface area contributed by atoms with Crippen molar-refractivity contribution in [3.05, 3.63) is 0 Å². The van der Waals surface area contributed by atoms with Gasteiger partial charge in [0.05, 0.1) is 11.5 Å². The van der Waals surface area contributed by atoms with Crippen molar-refractivity contribution in [3.63, 3.8) is 0 Å². The quantitative estimate of drug-likeness (QED) is 0.541. The largest absolute Gasteiger partial charge is 0.463 e. The van der Waals surface area contributed by atoms with Crippen LogP contribution in [-0.4, -0.2) is 48.2 Å². The molecule has 0 fully saturated rings. The van der Waals surface area contributed by atoms with Gasteiger partial charge in [-0.05, 0) is 40.5 Å². The first-order valence-corrected chi connectivity index (χ1v) is 8.29. The number of aliphatic hydroxyl groups is 1. The van der Waals surface area contributed by atoms with Gasteiger partial charge in [0.15, 0.2) is 0 Å². The van der Waals surface area contributed by atoms with Crippen molar-refractivity contribution in [2.45, 2.75) is 66.0 Å². The van der Waals surface area contributed by atoms with Crippen LogP contribution in [0.1, 0.15) is 54.4 Å². The number of ether oxygens (including phenoxy) is 1. The highest BCUT2D eigenvalue weighted by atomic mass is 16.5. The number of nitrogens with one attached hydrogen (secondary N) is 2. The number of carbonyl (C=O) groups excluding carboxylic acids is 3. The maximum atomic E-state index is 12.4. The van der Waals surface area contributed by atoms with Crippen molar-refractivity contribution in [2.24, 2.45) is 11.3 Å². The Labute approximate surface area is 144 Å². The first-order valence-electron chi connectivity index (χ1n) is 8.29. The molecule has 0 rings (SSSR count). The van der Waals surface area contributed by atoms with E-state index in [0.717, 1.165) is 0 Å². The number of hydrogen-bond donors (Lipinski definition) is 3. The Morgan fingerprint density at radius 2 is 1.71 bits per heavy atom. The van der Waals surface area contributed by atoms with E-state index in [1.807, 2.05) is 6.92 Å². The van der Waals surface area contributed by atoms with Crippen LogP contribution in [0.5, 0.6) is 0 Å². The van der Waals surface area contributed by atoms with Crippen LogP contribution in [0.15, 0.2) is 0 Å². The smallest absolute Gasteiger partial charge is 0.311 e. The van der Waals surface area contributed by atoms with Gasteiger partial charge in [-0.1, -0.05) is 13.8 Å². The molecule has 24 heavy (non-hydrogen) atoms. The summed E-state index contributed by atoms with van der Waals surface area (Å²) in [5.41, 5.74) is -1.86. The summed E-state index contributed by atoms with van der Waals surface area (Å²) in [6, 6.07) is 0. The fourth-order valence-electron chi connectivity index (χ4n) is 2.31. The predicted octanol–water partition coefficient (Wildman–Crippen LogP) is 0.994. The molecule has 0 aromatic rings. The van der Waals surface area contributed by atoms with Gasteiger partial charge in [0.1, 0.15) is 12.1 Å². The van der Waals surface area contributed by atoms with E-state index in [9.17, 15) is 19.5 Å². The number of aliphatic hydroxyl groups excluding tert-OH is 1.